The lowest BCUT2D eigenvalue weighted by atomic mass is 10.2. The fraction of sp³-hybridized carbons (Fsp3) is 0. The molecule has 0 aliphatic rings. The highest BCUT2D eigenvalue weighted by molar-refractivity contribution is 14.1. The molecule has 1 amide bonds. The van der Waals surface area contributed by atoms with Crippen molar-refractivity contribution in [3.05, 3.63) is 48.1 Å². The van der Waals surface area contributed by atoms with Gasteiger partial charge in [0, 0.05) is 12.7 Å². The summed E-state index contributed by atoms with van der Waals surface area (Å²) in [5.41, 5.74) is -0.662. The highest BCUT2D eigenvalue weighted by atomic mass is 127. The van der Waals surface area contributed by atoms with Gasteiger partial charge in [0.25, 0.3) is 15.9 Å². The predicted molar refractivity (Wildman–Crippen MR) is 93.9 cm³/mol. The zero-order valence-electron chi connectivity index (χ0n) is 11.9. The maximum atomic E-state index is 13.7. The Morgan fingerprint density at radius 2 is 1.54 bits per heavy atom. The van der Waals surface area contributed by atoms with Crippen molar-refractivity contribution in [2.24, 2.45) is 0 Å². The lowest BCUT2D eigenvalue weighted by molar-refractivity contribution is -0.270. The third kappa shape index (κ3) is 3.68. The number of phenolic OH excluding ortho intramolecular Hbond substituents is 1. The Bertz CT molecular complexity index is 1020. The number of sulfonamides is 1. The number of halogens is 6. The normalized spacial score (nSPS) is 11.5. The number of rotatable bonds is 3. The van der Waals surface area contributed by atoms with E-state index in [9.17, 15) is 35.9 Å². The average molecular weight is 616 g/mol. The number of carbonyl (C=O) groups excluding carboxylic acids is 1. The summed E-state index contributed by atoms with van der Waals surface area (Å²) >= 11 is 3.32. The summed E-state index contributed by atoms with van der Waals surface area (Å²) < 4.78 is 79.8. The van der Waals surface area contributed by atoms with Gasteiger partial charge in [-0.05, 0) is 57.3 Å². The van der Waals surface area contributed by atoms with Gasteiger partial charge in [-0.15, -0.1) is 0 Å². The summed E-state index contributed by atoms with van der Waals surface area (Å²) in [6.07, 6.45) is 0. The van der Waals surface area contributed by atoms with Crippen molar-refractivity contribution in [2.75, 3.05) is 0 Å². The van der Waals surface area contributed by atoms with Crippen LogP contribution in [0, 0.1) is 30.4 Å². The number of amides is 1. The van der Waals surface area contributed by atoms with Gasteiger partial charge in [0.15, 0.2) is 22.3 Å². The molecular formula is C13H4F4I2NO5S-. The molecule has 13 heteroatoms. The molecule has 0 aliphatic heterocycles. The molecule has 0 fully saturated rings. The Morgan fingerprint density at radius 3 is 2.04 bits per heavy atom. The SMILES string of the molecule is O=C(NS(=O)(=O)c1c(F)c(F)c(O)c(F)c1F)c1cc(I)cc(I)c1[O-]. The molecular weight excluding hydrogens is 612 g/mol. The summed E-state index contributed by atoms with van der Waals surface area (Å²) in [6, 6.07) is 2.40. The van der Waals surface area contributed by atoms with E-state index in [1.165, 1.54) is 10.8 Å². The number of aromatic hydroxyl groups is 1. The van der Waals surface area contributed by atoms with E-state index < -0.39 is 61.2 Å². The van der Waals surface area contributed by atoms with E-state index in [0.29, 0.717) is 3.57 Å². The molecule has 0 radical (unpaired) electrons. The van der Waals surface area contributed by atoms with E-state index in [0.717, 1.165) is 6.07 Å². The van der Waals surface area contributed by atoms with Crippen LogP contribution in [0.5, 0.6) is 11.5 Å². The van der Waals surface area contributed by atoms with Crippen LogP contribution in [0.15, 0.2) is 17.0 Å². The average Bonchev–Trinajstić information content (AvgIpc) is 2.53. The Balaban J connectivity index is 2.56. The van der Waals surface area contributed by atoms with Gasteiger partial charge < -0.3 is 10.2 Å². The topological polar surface area (TPSA) is 107 Å². The number of hydrogen-bond acceptors (Lipinski definition) is 5. The Morgan fingerprint density at radius 1 is 1.04 bits per heavy atom. The summed E-state index contributed by atoms with van der Waals surface area (Å²) in [4.78, 5) is 9.89. The minimum absolute atomic E-state index is 0.0659. The molecule has 2 aromatic rings. The molecule has 0 heterocycles. The first kappa shape index (κ1) is 20.9. The molecule has 0 bridgehead atoms. The number of hydrogen-bond donors (Lipinski definition) is 2. The summed E-state index contributed by atoms with van der Waals surface area (Å²) in [5, 5.41) is 20.8. The quantitative estimate of drug-likeness (QED) is 0.313. The lowest BCUT2D eigenvalue weighted by Crippen LogP contribution is -2.33. The van der Waals surface area contributed by atoms with E-state index in [4.69, 9.17) is 5.11 Å². The fourth-order valence-corrected chi connectivity index (χ4v) is 4.74. The monoisotopic (exact) mass is 616 g/mol. The maximum Gasteiger partial charge on any atom is 0.270 e. The second-order valence-corrected chi connectivity index (χ2v) is 8.66. The van der Waals surface area contributed by atoms with Crippen molar-refractivity contribution < 1.29 is 41.0 Å². The van der Waals surface area contributed by atoms with Crippen LogP contribution in [0.2, 0.25) is 0 Å². The molecule has 0 saturated carbocycles. The van der Waals surface area contributed by atoms with Crippen molar-refractivity contribution in [2.45, 2.75) is 4.90 Å². The van der Waals surface area contributed by atoms with Crippen LogP contribution in [-0.2, 0) is 10.0 Å². The number of carbonyl (C=O) groups is 1. The summed E-state index contributed by atoms with van der Waals surface area (Å²) in [5.74, 6) is -14.0. The molecule has 0 aliphatic carbocycles. The third-order valence-electron chi connectivity index (χ3n) is 2.95. The molecule has 0 aromatic heterocycles. The van der Waals surface area contributed by atoms with Gasteiger partial charge in [-0.3, -0.25) is 4.79 Å². The van der Waals surface area contributed by atoms with Gasteiger partial charge in [-0.2, -0.15) is 8.78 Å². The van der Waals surface area contributed by atoms with Crippen LogP contribution in [0.4, 0.5) is 17.6 Å². The largest absolute Gasteiger partial charge is 0.871 e. The highest BCUT2D eigenvalue weighted by Gasteiger charge is 2.34. The van der Waals surface area contributed by atoms with Crippen molar-refractivity contribution in [3.63, 3.8) is 0 Å². The Labute approximate surface area is 170 Å². The Kier molecular flexibility index (Phi) is 5.91. The van der Waals surface area contributed by atoms with Crippen molar-refractivity contribution in [1.82, 2.24) is 4.72 Å². The maximum absolute atomic E-state index is 13.7. The highest BCUT2D eigenvalue weighted by Crippen LogP contribution is 2.32. The Hall–Kier alpha value is -1.36. The van der Waals surface area contributed by atoms with Crippen LogP contribution in [-0.4, -0.2) is 19.4 Å². The fourth-order valence-electron chi connectivity index (χ4n) is 1.79. The van der Waals surface area contributed by atoms with Gasteiger partial charge in [0.2, 0.25) is 11.6 Å². The van der Waals surface area contributed by atoms with Gasteiger partial charge in [0.05, 0.1) is 0 Å². The molecule has 2 N–H and O–H groups in total. The van der Waals surface area contributed by atoms with E-state index in [1.807, 2.05) is 0 Å². The van der Waals surface area contributed by atoms with Crippen LogP contribution in [0.3, 0.4) is 0 Å². The molecule has 0 spiro atoms. The van der Waals surface area contributed by atoms with Gasteiger partial charge in [0.1, 0.15) is 0 Å². The summed E-state index contributed by atoms with van der Waals surface area (Å²) in [7, 11) is -5.46. The van der Waals surface area contributed by atoms with E-state index in [-0.39, 0.29) is 3.57 Å². The van der Waals surface area contributed by atoms with Gasteiger partial charge in [-0.25, -0.2) is 21.9 Å². The molecule has 26 heavy (non-hydrogen) atoms. The first-order valence-corrected chi connectivity index (χ1v) is 9.80. The van der Waals surface area contributed by atoms with E-state index in [1.54, 1.807) is 45.2 Å². The van der Waals surface area contributed by atoms with Crippen LogP contribution in [0.25, 0.3) is 0 Å². The van der Waals surface area contributed by atoms with Gasteiger partial charge >= 0.3 is 0 Å². The standard InChI is InChI=1S/C13H5F4I2NO5S/c14-6-8(16)12(9(17)7(15)11(6)22)26(24,25)20-13(23)4-1-3(18)2-5(19)10(4)21/h1-2,21-22H,(H,20,23)/p-1. The number of nitrogens with one attached hydrogen (secondary N) is 1. The number of benzene rings is 2. The smallest absolute Gasteiger partial charge is 0.270 e. The molecule has 2 aromatic carbocycles. The number of phenols is 1. The minimum Gasteiger partial charge on any atom is -0.871 e. The van der Waals surface area contributed by atoms with Crippen LogP contribution < -0.4 is 9.83 Å². The molecule has 0 atom stereocenters. The van der Waals surface area contributed by atoms with Crippen molar-refractivity contribution in [1.29, 1.82) is 0 Å². The first-order valence-electron chi connectivity index (χ1n) is 6.16. The molecule has 0 saturated heterocycles. The molecule has 2 rings (SSSR count). The second-order valence-electron chi connectivity index (χ2n) is 4.63. The predicted octanol–water partition coefficient (Wildman–Crippen LogP) is 2.35. The molecule has 0 unspecified atom stereocenters. The van der Waals surface area contributed by atoms with Crippen LogP contribution in [0.1, 0.15) is 10.4 Å². The lowest BCUT2D eigenvalue weighted by Gasteiger charge is -2.16. The van der Waals surface area contributed by atoms with Gasteiger partial charge in [-0.1, -0.05) is 5.75 Å². The van der Waals surface area contributed by atoms with Crippen LogP contribution >= 0.6 is 45.2 Å². The molecule has 140 valence electrons. The molecule has 6 nitrogen and oxygen atoms in total. The minimum atomic E-state index is -5.46. The summed E-state index contributed by atoms with van der Waals surface area (Å²) in [6.45, 7) is 0. The van der Waals surface area contributed by atoms with Crippen molar-refractivity contribution in [3.8, 4) is 11.5 Å². The zero-order chi connectivity index (χ0) is 20.0. The van der Waals surface area contributed by atoms with E-state index in [2.05, 4.69) is 0 Å². The van der Waals surface area contributed by atoms with Crippen molar-refractivity contribution >= 4 is 61.1 Å². The first-order chi connectivity index (χ1) is 11.9. The van der Waals surface area contributed by atoms with E-state index >= 15 is 0 Å². The second kappa shape index (κ2) is 7.34. The third-order valence-corrected chi connectivity index (χ3v) is 5.72. The zero-order valence-corrected chi connectivity index (χ0v) is 17.0.